The summed E-state index contributed by atoms with van der Waals surface area (Å²) in [6.07, 6.45) is -1.04. The number of aliphatic hydroxyl groups excluding tert-OH is 1. The normalized spacial score (nSPS) is 12.6. The van der Waals surface area contributed by atoms with Gasteiger partial charge >= 0.3 is 0 Å². The Morgan fingerprint density at radius 1 is 1.10 bits per heavy atom. The predicted molar refractivity (Wildman–Crippen MR) is 119 cm³/mol. The van der Waals surface area contributed by atoms with Crippen LogP contribution in [0.2, 0.25) is 0 Å². The zero-order valence-corrected chi connectivity index (χ0v) is 17.5. The molecule has 0 aliphatic carbocycles. The summed E-state index contributed by atoms with van der Waals surface area (Å²) in [6.45, 7) is 0. The van der Waals surface area contributed by atoms with Crippen LogP contribution >= 0.6 is 0 Å². The number of amidine groups is 1. The fraction of sp³-hybridized carbons (Fsp3) is 0.0909. The maximum absolute atomic E-state index is 12.6. The number of rotatable bonds is 6. The standard InChI is InChI=1S/C22H21N5O3S/c1-27-19-11-10-16(26-31(29,30)17-8-3-2-4-9-17)13-18(19)25-22(27)20(28)14-6-5-7-15(12-14)21(23)24/h2-13,20,26,28H,1H3,(H3,23,24). The van der Waals surface area contributed by atoms with Gasteiger partial charge in [-0.3, -0.25) is 10.1 Å². The minimum atomic E-state index is -3.72. The van der Waals surface area contributed by atoms with Crippen molar-refractivity contribution < 1.29 is 13.5 Å². The molecule has 8 nitrogen and oxygen atoms in total. The van der Waals surface area contributed by atoms with Gasteiger partial charge in [0, 0.05) is 12.6 Å². The van der Waals surface area contributed by atoms with Gasteiger partial charge in [-0.2, -0.15) is 0 Å². The predicted octanol–water partition coefficient (Wildman–Crippen LogP) is 2.74. The van der Waals surface area contributed by atoms with Gasteiger partial charge < -0.3 is 15.4 Å². The molecule has 1 atom stereocenters. The quantitative estimate of drug-likeness (QED) is 0.273. The first-order valence-electron chi connectivity index (χ1n) is 9.43. The number of fused-ring (bicyclic) bond motifs is 1. The van der Waals surface area contributed by atoms with Gasteiger partial charge in [0.1, 0.15) is 17.8 Å². The highest BCUT2D eigenvalue weighted by Gasteiger charge is 2.20. The van der Waals surface area contributed by atoms with E-state index in [-0.39, 0.29) is 10.7 Å². The van der Waals surface area contributed by atoms with Crippen molar-refractivity contribution in [1.82, 2.24) is 9.55 Å². The number of nitrogens with two attached hydrogens (primary N) is 1. The van der Waals surface area contributed by atoms with Crippen LogP contribution < -0.4 is 10.5 Å². The molecule has 0 saturated carbocycles. The Labute approximate surface area is 179 Å². The van der Waals surface area contributed by atoms with Crippen molar-refractivity contribution in [3.63, 3.8) is 0 Å². The lowest BCUT2D eigenvalue weighted by Gasteiger charge is -2.12. The van der Waals surface area contributed by atoms with E-state index in [4.69, 9.17) is 11.1 Å². The monoisotopic (exact) mass is 435 g/mol. The molecule has 0 fully saturated rings. The van der Waals surface area contributed by atoms with Crippen LogP contribution in [0.15, 0.2) is 77.7 Å². The molecule has 1 aromatic heterocycles. The number of imidazole rings is 1. The van der Waals surface area contributed by atoms with Crippen molar-refractivity contribution in [2.45, 2.75) is 11.0 Å². The minimum absolute atomic E-state index is 0.0885. The summed E-state index contributed by atoms with van der Waals surface area (Å²) in [5.74, 6) is 0.299. The third-order valence-corrected chi connectivity index (χ3v) is 6.38. The van der Waals surface area contributed by atoms with Gasteiger partial charge in [-0.1, -0.05) is 36.4 Å². The van der Waals surface area contributed by atoms with Gasteiger partial charge in [0.2, 0.25) is 0 Å². The van der Waals surface area contributed by atoms with Gasteiger partial charge in [0.05, 0.1) is 21.6 Å². The Bertz CT molecular complexity index is 1380. The van der Waals surface area contributed by atoms with E-state index in [0.29, 0.717) is 28.2 Å². The molecule has 0 amide bonds. The van der Waals surface area contributed by atoms with E-state index in [9.17, 15) is 13.5 Å². The van der Waals surface area contributed by atoms with Crippen molar-refractivity contribution in [3.8, 4) is 0 Å². The van der Waals surface area contributed by atoms with Crippen LogP contribution in [-0.4, -0.2) is 28.9 Å². The third-order valence-electron chi connectivity index (χ3n) is 4.98. The number of benzene rings is 3. The van der Waals surface area contributed by atoms with Crippen molar-refractivity contribution in [3.05, 3.63) is 89.7 Å². The first kappa shape index (κ1) is 20.6. The molecule has 4 rings (SSSR count). The second-order valence-corrected chi connectivity index (χ2v) is 8.78. The van der Waals surface area contributed by atoms with Crippen LogP contribution in [0.4, 0.5) is 5.69 Å². The Hall–Kier alpha value is -3.69. The molecule has 9 heteroatoms. The molecule has 0 saturated heterocycles. The molecule has 0 aliphatic rings. The summed E-state index contributed by atoms with van der Waals surface area (Å²) in [5.41, 5.74) is 8.25. The van der Waals surface area contributed by atoms with E-state index in [1.165, 1.54) is 12.1 Å². The van der Waals surface area contributed by atoms with Crippen LogP contribution in [0.1, 0.15) is 23.1 Å². The fourth-order valence-electron chi connectivity index (χ4n) is 3.37. The Kier molecular flexibility index (Phi) is 5.22. The highest BCUT2D eigenvalue weighted by Crippen LogP contribution is 2.27. The van der Waals surface area contributed by atoms with Gasteiger partial charge in [-0.15, -0.1) is 0 Å². The summed E-state index contributed by atoms with van der Waals surface area (Å²) >= 11 is 0. The number of nitrogen functional groups attached to an aromatic ring is 1. The highest BCUT2D eigenvalue weighted by molar-refractivity contribution is 7.92. The number of hydrogen-bond donors (Lipinski definition) is 4. The van der Waals surface area contributed by atoms with Crippen molar-refractivity contribution in [1.29, 1.82) is 5.41 Å². The summed E-state index contributed by atoms with van der Waals surface area (Å²) < 4.78 is 29.5. The molecule has 158 valence electrons. The first-order valence-corrected chi connectivity index (χ1v) is 10.9. The lowest BCUT2D eigenvalue weighted by Crippen LogP contribution is -2.13. The molecule has 1 unspecified atom stereocenters. The molecular weight excluding hydrogens is 414 g/mol. The maximum atomic E-state index is 12.6. The SMILES string of the molecule is Cn1c(C(O)c2cccc(C(=N)N)c2)nc2cc(NS(=O)(=O)c3ccccc3)ccc21. The van der Waals surface area contributed by atoms with Gasteiger partial charge in [0.15, 0.2) is 0 Å². The third kappa shape index (κ3) is 4.00. The Morgan fingerprint density at radius 3 is 2.55 bits per heavy atom. The Morgan fingerprint density at radius 2 is 1.84 bits per heavy atom. The molecular formula is C22H21N5O3S. The van der Waals surface area contributed by atoms with E-state index in [0.717, 1.165) is 5.52 Å². The molecule has 4 aromatic rings. The topological polar surface area (TPSA) is 134 Å². The number of hydrogen-bond acceptors (Lipinski definition) is 5. The smallest absolute Gasteiger partial charge is 0.261 e. The number of sulfonamides is 1. The summed E-state index contributed by atoms with van der Waals surface area (Å²) in [6, 6.07) is 19.9. The second-order valence-electron chi connectivity index (χ2n) is 7.09. The number of nitrogens with one attached hydrogen (secondary N) is 2. The van der Waals surface area contributed by atoms with Crippen LogP contribution in [0.25, 0.3) is 11.0 Å². The van der Waals surface area contributed by atoms with E-state index in [1.54, 1.807) is 72.3 Å². The van der Waals surface area contributed by atoms with E-state index < -0.39 is 16.1 Å². The number of aryl methyl sites for hydroxylation is 1. The van der Waals surface area contributed by atoms with Crippen LogP contribution in [0.3, 0.4) is 0 Å². The molecule has 0 radical (unpaired) electrons. The molecule has 0 bridgehead atoms. The molecule has 5 N–H and O–H groups in total. The zero-order chi connectivity index (χ0) is 22.2. The number of aliphatic hydroxyl groups is 1. The molecule has 1 heterocycles. The molecule has 3 aromatic carbocycles. The van der Waals surface area contributed by atoms with E-state index in [2.05, 4.69) is 9.71 Å². The second kappa shape index (κ2) is 7.86. The summed E-state index contributed by atoms with van der Waals surface area (Å²) in [7, 11) is -1.95. The van der Waals surface area contributed by atoms with Crippen molar-refractivity contribution in [2.75, 3.05) is 4.72 Å². The van der Waals surface area contributed by atoms with Crippen molar-refractivity contribution in [2.24, 2.45) is 12.8 Å². The summed E-state index contributed by atoms with van der Waals surface area (Å²) in [5, 5.41) is 18.5. The van der Waals surface area contributed by atoms with E-state index in [1.807, 2.05) is 0 Å². The van der Waals surface area contributed by atoms with Crippen LogP contribution in [-0.2, 0) is 17.1 Å². The number of nitrogens with zero attached hydrogens (tertiary/aromatic N) is 2. The van der Waals surface area contributed by atoms with Gasteiger partial charge in [-0.05, 0) is 42.0 Å². The average Bonchev–Trinajstić information content (AvgIpc) is 3.09. The maximum Gasteiger partial charge on any atom is 0.261 e. The minimum Gasteiger partial charge on any atom is -0.384 e. The first-order chi connectivity index (χ1) is 14.8. The van der Waals surface area contributed by atoms with E-state index >= 15 is 0 Å². The highest BCUT2D eigenvalue weighted by atomic mass is 32.2. The lowest BCUT2D eigenvalue weighted by molar-refractivity contribution is 0.207. The fourth-order valence-corrected chi connectivity index (χ4v) is 4.44. The largest absolute Gasteiger partial charge is 0.384 e. The molecule has 31 heavy (non-hydrogen) atoms. The zero-order valence-electron chi connectivity index (χ0n) is 16.6. The van der Waals surface area contributed by atoms with Gasteiger partial charge in [0.25, 0.3) is 10.0 Å². The average molecular weight is 436 g/mol. The van der Waals surface area contributed by atoms with Crippen molar-refractivity contribution >= 4 is 32.6 Å². The Balaban J connectivity index is 1.68. The number of aromatic nitrogens is 2. The molecule has 0 spiro atoms. The number of anilines is 1. The van der Waals surface area contributed by atoms with Gasteiger partial charge in [-0.25, -0.2) is 13.4 Å². The summed E-state index contributed by atoms with van der Waals surface area (Å²) in [4.78, 5) is 4.68. The van der Waals surface area contributed by atoms with Crippen LogP contribution in [0.5, 0.6) is 0 Å². The van der Waals surface area contributed by atoms with Crippen LogP contribution in [0, 0.1) is 5.41 Å². The molecule has 0 aliphatic heterocycles. The lowest BCUT2D eigenvalue weighted by atomic mass is 10.0.